The fraction of sp³-hybridized carbons (Fsp3) is 0.429. The lowest BCUT2D eigenvalue weighted by atomic mass is 10.1. The standard InChI is InChI=1S/C14H18O2/c1-4-5-6-9-16-14-8-7-13(12(3)15)10-11(14)2/h1,7-8,10,12,15H,5-6,9H2,2-3H3/t12-/m0/s1. The van der Waals surface area contributed by atoms with Crippen LogP contribution in [0.4, 0.5) is 0 Å². The lowest BCUT2D eigenvalue weighted by Crippen LogP contribution is -1.99. The average molecular weight is 218 g/mol. The first kappa shape index (κ1) is 12.6. The van der Waals surface area contributed by atoms with Crippen molar-refractivity contribution < 1.29 is 9.84 Å². The van der Waals surface area contributed by atoms with Gasteiger partial charge in [-0.15, -0.1) is 12.3 Å². The maximum atomic E-state index is 9.42. The normalized spacial score (nSPS) is 11.9. The van der Waals surface area contributed by atoms with Crippen LogP contribution in [0.3, 0.4) is 0 Å². The van der Waals surface area contributed by atoms with Crippen molar-refractivity contribution in [1.82, 2.24) is 0 Å². The van der Waals surface area contributed by atoms with E-state index in [9.17, 15) is 5.11 Å². The largest absolute Gasteiger partial charge is 0.493 e. The number of unbranched alkanes of at least 4 members (excludes halogenated alkanes) is 1. The zero-order chi connectivity index (χ0) is 12.0. The van der Waals surface area contributed by atoms with E-state index in [1.165, 1.54) is 0 Å². The first-order chi connectivity index (χ1) is 7.65. The van der Waals surface area contributed by atoms with Crippen molar-refractivity contribution in [1.29, 1.82) is 0 Å². The van der Waals surface area contributed by atoms with E-state index in [0.717, 1.165) is 29.7 Å². The molecule has 0 aliphatic rings. The molecule has 0 radical (unpaired) electrons. The first-order valence-electron chi connectivity index (χ1n) is 5.50. The molecule has 16 heavy (non-hydrogen) atoms. The number of rotatable bonds is 5. The van der Waals surface area contributed by atoms with E-state index >= 15 is 0 Å². The highest BCUT2D eigenvalue weighted by atomic mass is 16.5. The van der Waals surface area contributed by atoms with E-state index in [2.05, 4.69) is 5.92 Å². The van der Waals surface area contributed by atoms with Gasteiger partial charge in [-0.2, -0.15) is 0 Å². The Hall–Kier alpha value is -1.46. The van der Waals surface area contributed by atoms with E-state index in [4.69, 9.17) is 11.2 Å². The maximum absolute atomic E-state index is 9.42. The number of ether oxygens (including phenoxy) is 1. The molecule has 1 aromatic rings. The monoisotopic (exact) mass is 218 g/mol. The van der Waals surface area contributed by atoms with Crippen molar-refractivity contribution >= 4 is 0 Å². The van der Waals surface area contributed by atoms with E-state index in [0.29, 0.717) is 6.61 Å². The molecule has 1 N–H and O–H groups in total. The molecule has 1 rings (SSSR count). The Balaban J connectivity index is 2.58. The molecule has 0 aliphatic carbocycles. The van der Waals surface area contributed by atoms with E-state index < -0.39 is 6.10 Å². The lowest BCUT2D eigenvalue weighted by molar-refractivity contribution is 0.199. The molecule has 2 nitrogen and oxygen atoms in total. The fourth-order valence-electron chi connectivity index (χ4n) is 1.45. The minimum absolute atomic E-state index is 0.436. The van der Waals surface area contributed by atoms with Gasteiger partial charge in [-0.25, -0.2) is 0 Å². The van der Waals surface area contributed by atoms with Crippen LogP contribution in [0.25, 0.3) is 0 Å². The Morgan fingerprint density at radius 3 is 2.81 bits per heavy atom. The van der Waals surface area contributed by atoms with Crippen molar-refractivity contribution in [2.24, 2.45) is 0 Å². The van der Waals surface area contributed by atoms with Crippen LogP contribution in [0.15, 0.2) is 18.2 Å². The van der Waals surface area contributed by atoms with Crippen molar-refractivity contribution in [3.05, 3.63) is 29.3 Å². The summed E-state index contributed by atoms with van der Waals surface area (Å²) in [7, 11) is 0. The van der Waals surface area contributed by atoms with Gasteiger partial charge in [-0.05, 0) is 43.5 Å². The highest BCUT2D eigenvalue weighted by molar-refractivity contribution is 5.36. The van der Waals surface area contributed by atoms with E-state index in [-0.39, 0.29) is 0 Å². The predicted molar refractivity (Wildman–Crippen MR) is 65.4 cm³/mol. The molecule has 0 aromatic heterocycles. The molecule has 0 aliphatic heterocycles. The second-order valence-electron chi connectivity index (χ2n) is 3.86. The molecular formula is C14H18O2. The highest BCUT2D eigenvalue weighted by Crippen LogP contribution is 2.22. The molecule has 86 valence electrons. The molecule has 0 saturated carbocycles. The number of terminal acetylenes is 1. The quantitative estimate of drug-likeness (QED) is 0.608. The Labute approximate surface area is 97.3 Å². The lowest BCUT2D eigenvalue weighted by Gasteiger charge is -2.11. The Bertz CT molecular complexity index is 375. The molecule has 0 fully saturated rings. The first-order valence-corrected chi connectivity index (χ1v) is 5.50. The van der Waals surface area contributed by atoms with Crippen molar-refractivity contribution in [3.63, 3.8) is 0 Å². The van der Waals surface area contributed by atoms with Crippen molar-refractivity contribution in [2.45, 2.75) is 32.8 Å². The van der Waals surface area contributed by atoms with Gasteiger partial charge >= 0.3 is 0 Å². The molecule has 0 heterocycles. The number of hydrogen-bond acceptors (Lipinski definition) is 2. The summed E-state index contributed by atoms with van der Waals surface area (Å²) in [4.78, 5) is 0. The molecule has 1 aromatic carbocycles. The molecule has 0 spiro atoms. The van der Waals surface area contributed by atoms with Crippen LogP contribution in [-0.4, -0.2) is 11.7 Å². The molecule has 0 saturated heterocycles. The second-order valence-corrected chi connectivity index (χ2v) is 3.86. The highest BCUT2D eigenvalue weighted by Gasteiger charge is 2.04. The summed E-state index contributed by atoms with van der Waals surface area (Å²) in [5.41, 5.74) is 1.95. The SMILES string of the molecule is C#CCCCOc1ccc([C@H](C)O)cc1C. The molecule has 0 amide bonds. The minimum atomic E-state index is -0.436. The van der Waals surface area contributed by atoms with Gasteiger partial charge in [0.2, 0.25) is 0 Å². The summed E-state index contributed by atoms with van der Waals surface area (Å²) in [5, 5.41) is 9.42. The Morgan fingerprint density at radius 1 is 1.50 bits per heavy atom. The summed E-state index contributed by atoms with van der Waals surface area (Å²) in [5.74, 6) is 3.44. The number of hydrogen-bond donors (Lipinski definition) is 1. The molecule has 0 bridgehead atoms. The van der Waals surface area contributed by atoms with E-state index in [1.54, 1.807) is 6.92 Å². The van der Waals surface area contributed by atoms with Crippen LogP contribution in [0.1, 0.15) is 37.0 Å². The Morgan fingerprint density at radius 2 is 2.25 bits per heavy atom. The zero-order valence-corrected chi connectivity index (χ0v) is 9.86. The van der Waals surface area contributed by atoms with Crippen LogP contribution in [0.2, 0.25) is 0 Å². The van der Waals surface area contributed by atoms with Crippen LogP contribution in [0.5, 0.6) is 5.75 Å². The smallest absolute Gasteiger partial charge is 0.122 e. The van der Waals surface area contributed by atoms with Gasteiger partial charge in [-0.3, -0.25) is 0 Å². The number of aryl methyl sites for hydroxylation is 1. The number of benzene rings is 1. The minimum Gasteiger partial charge on any atom is -0.493 e. The van der Waals surface area contributed by atoms with Crippen LogP contribution < -0.4 is 4.74 Å². The Kier molecular flexibility index (Phi) is 4.88. The number of aliphatic hydroxyl groups excluding tert-OH is 1. The zero-order valence-electron chi connectivity index (χ0n) is 9.86. The third kappa shape index (κ3) is 3.60. The topological polar surface area (TPSA) is 29.5 Å². The van der Waals surface area contributed by atoms with Gasteiger partial charge in [-0.1, -0.05) is 6.07 Å². The maximum Gasteiger partial charge on any atom is 0.122 e. The summed E-state index contributed by atoms with van der Waals surface area (Å²) in [6, 6.07) is 5.72. The van der Waals surface area contributed by atoms with Gasteiger partial charge in [0.1, 0.15) is 5.75 Å². The van der Waals surface area contributed by atoms with Crippen molar-refractivity contribution in [2.75, 3.05) is 6.61 Å². The predicted octanol–water partition coefficient (Wildman–Crippen LogP) is 2.84. The molecule has 0 unspecified atom stereocenters. The number of aliphatic hydroxyl groups is 1. The van der Waals surface area contributed by atoms with Crippen LogP contribution >= 0.6 is 0 Å². The summed E-state index contributed by atoms with van der Waals surface area (Å²) in [6.45, 7) is 4.36. The van der Waals surface area contributed by atoms with Gasteiger partial charge in [0.15, 0.2) is 0 Å². The van der Waals surface area contributed by atoms with Gasteiger partial charge in [0.05, 0.1) is 12.7 Å². The molecular weight excluding hydrogens is 200 g/mol. The third-order valence-electron chi connectivity index (χ3n) is 2.40. The summed E-state index contributed by atoms with van der Waals surface area (Å²) in [6.07, 6.45) is 6.33. The van der Waals surface area contributed by atoms with Gasteiger partial charge in [0.25, 0.3) is 0 Å². The van der Waals surface area contributed by atoms with E-state index in [1.807, 2.05) is 25.1 Å². The van der Waals surface area contributed by atoms with Crippen LogP contribution in [-0.2, 0) is 0 Å². The summed E-state index contributed by atoms with van der Waals surface area (Å²) >= 11 is 0. The average Bonchev–Trinajstić information content (AvgIpc) is 2.26. The molecule has 2 heteroatoms. The fourth-order valence-corrected chi connectivity index (χ4v) is 1.45. The molecule has 1 atom stereocenters. The van der Waals surface area contributed by atoms with Gasteiger partial charge in [0, 0.05) is 6.42 Å². The summed E-state index contributed by atoms with van der Waals surface area (Å²) < 4.78 is 5.60. The van der Waals surface area contributed by atoms with Gasteiger partial charge < -0.3 is 9.84 Å². The van der Waals surface area contributed by atoms with Crippen LogP contribution in [0, 0.1) is 19.3 Å². The second kappa shape index (κ2) is 6.19. The van der Waals surface area contributed by atoms with Crippen molar-refractivity contribution in [3.8, 4) is 18.1 Å². The third-order valence-corrected chi connectivity index (χ3v) is 2.40.